The van der Waals surface area contributed by atoms with Gasteiger partial charge in [0, 0.05) is 18.2 Å². The molecule has 2 rings (SSSR count). The number of phenolic OH excluding ortho intramolecular Hbond substituents is 2. The largest absolute Gasteiger partial charge is 0.507 e. The summed E-state index contributed by atoms with van der Waals surface area (Å²) in [6.45, 7) is 0. The molecule has 4 heteroatoms. The number of rotatable bonds is 3. The van der Waals surface area contributed by atoms with Crippen LogP contribution in [0.15, 0.2) is 53.6 Å². The molecule has 18 heavy (non-hydrogen) atoms. The maximum Gasteiger partial charge on any atom is 0.125 e. The number of hydrogen-bond acceptors (Lipinski definition) is 4. The Balaban J connectivity index is 2.59. The van der Waals surface area contributed by atoms with Crippen LogP contribution in [0.1, 0.15) is 11.1 Å². The summed E-state index contributed by atoms with van der Waals surface area (Å²) in [5.41, 5.74) is 4.31. The first-order valence-electron chi connectivity index (χ1n) is 5.55. The van der Waals surface area contributed by atoms with Gasteiger partial charge in [-0.2, -0.15) is 5.10 Å². The van der Waals surface area contributed by atoms with Crippen molar-refractivity contribution < 1.29 is 10.2 Å². The molecular weight excluding hydrogens is 228 g/mol. The van der Waals surface area contributed by atoms with Crippen molar-refractivity contribution in [1.82, 2.24) is 5.43 Å². The zero-order chi connectivity index (χ0) is 13.0. The highest BCUT2D eigenvalue weighted by Gasteiger charge is 2.14. The standard InChI is InChI=1S/C14H14N2O2/c1-15-16-14(10-6-2-4-8-12(10)17)11-7-3-5-9-13(11)18/h2-9,15,17-18H,1H3. The number of hydrogen-bond donors (Lipinski definition) is 3. The third-order valence-electron chi connectivity index (χ3n) is 2.54. The summed E-state index contributed by atoms with van der Waals surface area (Å²) < 4.78 is 0. The van der Waals surface area contributed by atoms with E-state index in [9.17, 15) is 10.2 Å². The minimum Gasteiger partial charge on any atom is -0.507 e. The number of para-hydroxylation sites is 2. The zero-order valence-electron chi connectivity index (χ0n) is 9.96. The smallest absolute Gasteiger partial charge is 0.125 e. The Hall–Kier alpha value is -2.49. The summed E-state index contributed by atoms with van der Waals surface area (Å²) in [6, 6.07) is 13.7. The molecule has 4 nitrogen and oxygen atoms in total. The minimum absolute atomic E-state index is 0.120. The molecule has 0 radical (unpaired) electrons. The number of nitrogens with one attached hydrogen (secondary N) is 1. The summed E-state index contributed by atoms with van der Waals surface area (Å²) in [5.74, 6) is 0.240. The van der Waals surface area contributed by atoms with Crippen LogP contribution < -0.4 is 5.43 Å². The summed E-state index contributed by atoms with van der Waals surface area (Å²) in [4.78, 5) is 0. The molecule has 2 aromatic rings. The van der Waals surface area contributed by atoms with E-state index < -0.39 is 0 Å². The molecule has 0 atom stereocenters. The average molecular weight is 242 g/mol. The Morgan fingerprint density at radius 2 is 1.33 bits per heavy atom. The topological polar surface area (TPSA) is 64.9 Å². The zero-order valence-corrected chi connectivity index (χ0v) is 9.96. The van der Waals surface area contributed by atoms with Crippen LogP contribution in [0.25, 0.3) is 0 Å². The molecule has 0 saturated carbocycles. The van der Waals surface area contributed by atoms with E-state index in [0.717, 1.165) is 0 Å². The first kappa shape index (κ1) is 12.0. The minimum atomic E-state index is 0.120. The summed E-state index contributed by atoms with van der Waals surface area (Å²) in [7, 11) is 1.67. The van der Waals surface area contributed by atoms with Gasteiger partial charge in [0.05, 0.1) is 0 Å². The van der Waals surface area contributed by atoms with Crippen LogP contribution in [0.4, 0.5) is 0 Å². The SMILES string of the molecule is CNN=C(c1ccccc1O)c1ccccc1O. The molecule has 2 aromatic carbocycles. The normalized spacial score (nSPS) is 9.83. The van der Waals surface area contributed by atoms with Crippen molar-refractivity contribution in [2.24, 2.45) is 5.10 Å². The van der Waals surface area contributed by atoms with E-state index in [1.54, 1.807) is 55.6 Å². The highest BCUT2D eigenvalue weighted by atomic mass is 16.3. The predicted octanol–water partition coefficient (Wildman–Crippen LogP) is 2.07. The summed E-state index contributed by atoms with van der Waals surface area (Å²) >= 11 is 0. The number of hydrazone groups is 1. The fraction of sp³-hybridized carbons (Fsp3) is 0.0714. The van der Waals surface area contributed by atoms with E-state index in [4.69, 9.17) is 0 Å². The molecule has 0 bridgehead atoms. The van der Waals surface area contributed by atoms with Crippen molar-refractivity contribution in [2.75, 3.05) is 7.05 Å². The molecule has 3 N–H and O–H groups in total. The number of benzene rings is 2. The van der Waals surface area contributed by atoms with Crippen LogP contribution >= 0.6 is 0 Å². The van der Waals surface area contributed by atoms with Crippen LogP contribution in [0.2, 0.25) is 0 Å². The van der Waals surface area contributed by atoms with Gasteiger partial charge in [0.1, 0.15) is 17.2 Å². The maximum absolute atomic E-state index is 9.87. The molecule has 0 spiro atoms. The van der Waals surface area contributed by atoms with Crippen molar-refractivity contribution in [3.63, 3.8) is 0 Å². The highest BCUT2D eigenvalue weighted by molar-refractivity contribution is 6.15. The second kappa shape index (κ2) is 5.23. The Morgan fingerprint density at radius 3 is 1.72 bits per heavy atom. The number of nitrogens with zero attached hydrogens (tertiary/aromatic N) is 1. The van der Waals surface area contributed by atoms with Gasteiger partial charge in [0.25, 0.3) is 0 Å². The van der Waals surface area contributed by atoms with Gasteiger partial charge in [-0.1, -0.05) is 24.3 Å². The van der Waals surface area contributed by atoms with E-state index in [2.05, 4.69) is 10.5 Å². The summed E-state index contributed by atoms with van der Waals surface area (Å²) in [6.07, 6.45) is 0. The molecule has 0 amide bonds. The molecule has 0 fully saturated rings. The lowest BCUT2D eigenvalue weighted by Gasteiger charge is -2.10. The van der Waals surface area contributed by atoms with Crippen LogP contribution in [-0.2, 0) is 0 Å². The maximum atomic E-state index is 9.87. The van der Waals surface area contributed by atoms with Crippen molar-refractivity contribution in [2.45, 2.75) is 0 Å². The van der Waals surface area contributed by atoms with Gasteiger partial charge in [-0.05, 0) is 24.3 Å². The van der Waals surface area contributed by atoms with Gasteiger partial charge in [-0.3, -0.25) is 0 Å². The van der Waals surface area contributed by atoms with Crippen molar-refractivity contribution >= 4 is 5.71 Å². The highest BCUT2D eigenvalue weighted by Crippen LogP contribution is 2.25. The first-order valence-corrected chi connectivity index (χ1v) is 5.55. The average Bonchev–Trinajstić information content (AvgIpc) is 2.38. The third-order valence-corrected chi connectivity index (χ3v) is 2.54. The van der Waals surface area contributed by atoms with Crippen LogP contribution in [-0.4, -0.2) is 23.0 Å². The van der Waals surface area contributed by atoms with E-state index in [-0.39, 0.29) is 11.5 Å². The van der Waals surface area contributed by atoms with E-state index in [1.807, 2.05) is 0 Å². The fourth-order valence-electron chi connectivity index (χ4n) is 1.73. The Kier molecular flexibility index (Phi) is 3.48. The van der Waals surface area contributed by atoms with Crippen molar-refractivity contribution in [3.05, 3.63) is 59.7 Å². The van der Waals surface area contributed by atoms with Crippen LogP contribution in [0.5, 0.6) is 11.5 Å². The van der Waals surface area contributed by atoms with Crippen LogP contribution in [0.3, 0.4) is 0 Å². The van der Waals surface area contributed by atoms with Crippen molar-refractivity contribution in [3.8, 4) is 11.5 Å². The molecule has 0 unspecified atom stereocenters. The van der Waals surface area contributed by atoms with Crippen LogP contribution in [0, 0.1) is 0 Å². The van der Waals surface area contributed by atoms with Gasteiger partial charge in [0.2, 0.25) is 0 Å². The second-order valence-corrected chi connectivity index (χ2v) is 3.72. The van der Waals surface area contributed by atoms with Gasteiger partial charge < -0.3 is 15.6 Å². The van der Waals surface area contributed by atoms with Gasteiger partial charge in [-0.15, -0.1) is 0 Å². The molecule has 0 aromatic heterocycles. The lowest BCUT2D eigenvalue weighted by atomic mass is 10.0. The van der Waals surface area contributed by atoms with E-state index in [1.165, 1.54) is 0 Å². The number of aromatic hydroxyl groups is 2. The first-order chi connectivity index (χ1) is 8.74. The fourth-order valence-corrected chi connectivity index (χ4v) is 1.73. The Labute approximate surface area is 105 Å². The monoisotopic (exact) mass is 242 g/mol. The second-order valence-electron chi connectivity index (χ2n) is 3.72. The predicted molar refractivity (Wildman–Crippen MR) is 70.9 cm³/mol. The molecule has 0 aliphatic heterocycles. The molecule has 0 saturated heterocycles. The molecule has 0 aliphatic carbocycles. The molecule has 92 valence electrons. The van der Waals surface area contributed by atoms with Crippen molar-refractivity contribution in [1.29, 1.82) is 0 Å². The lowest BCUT2D eigenvalue weighted by Crippen LogP contribution is -2.09. The van der Waals surface area contributed by atoms with E-state index >= 15 is 0 Å². The molecule has 0 aliphatic rings. The molecular formula is C14H14N2O2. The Bertz CT molecular complexity index is 532. The Morgan fingerprint density at radius 1 is 0.889 bits per heavy atom. The quantitative estimate of drug-likeness (QED) is 0.570. The van der Waals surface area contributed by atoms with Gasteiger partial charge in [-0.25, -0.2) is 0 Å². The number of phenols is 2. The van der Waals surface area contributed by atoms with E-state index in [0.29, 0.717) is 16.8 Å². The molecule has 0 heterocycles. The third kappa shape index (κ3) is 2.27. The van der Waals surface area contributed by atoms with Gasteiger partial charge in [0.15, 0.2) is 0 Å². The lowest BCUT2D eigenvalue weighted by molar-refractivity contribution is 0.472. The van der Waals surface area contributed by atoms with Gasteiger partial charge >= 0.3 is 0 Å². The summed E-state index contributed by atoms with van der Waals surface area (Å²) in [5, 5.41) is 23.9.